The average molecular weight is 499 g/mol. The van der Waals surface area contributed by atoms with E-state index in [-0.39, 0.29) is 11.9 Å². The minimum Gasteiger partial charge on any atom is -0.459 e. The molecule has 4 heterocycles. The predicted octanol–water partition coefficient (Wildman–Crippen LogP) is 5.78. The molecule has 1 fully saturated rings. The van der Waals surface area contributed by atoms with Crippen molar-refractivity contribution >= 4 is 27.9 Å². The summed E-state index contributed by atoms with van der Waals surface area (Å²) in [5.74, 6) is 0.145. The number of para-hydroxylation sites is 1. The maximum absolute atomic E-state index is 13.0. The van der Waals surface area contributed by atoms with Gasteiger partial charge in [0.15, 0.2) is 5.76 Å². The molecule has 1 atom stereocenters. The fourth-order valence-corrected chi connectivity index (χ4v) is 6.84. The van der Waals surface area contributed by atoms with Gasteiger partial charge in [-0.15, -0.1) is 11.3 Å². The van der Waals surface area contributed by atoms with Gasteiger partial charge < -0.3 is 14.6 Å². The van der Waals surface area contributed by atoms with Crippen molar-refractivity contribution in [2.45, 2.75) is 31.7 Å². The van der Waals surface area contributed by atoms with Gasteiger partial charge in [0.1, 0.15) is 5.00 Å². The number of pyridine rings is 1. The lowest BCUT2D eigenvalue weighted by atomic mass is 9.88. The molecule has 1 aliphatic carbocycles. The highest BCUT2D eigenvalue weighted by Crippen LogP contribution is 2.45. The molecule has 3 aromatic heterocycles. The van der Waals surface area contributed by atoms with Gasteiger partial charge in [0.2, 0.25) is 0 Å². The number of amides is 1. The Morgan fingerprint density at radius 2 is 1.72 bits per heavy atom. The Morgan fingerprint density at radius 3 is 2.47 bits per heavy atom. The van der Waals surface area contributed by atoms with Crippen LogP contribution in [0.15, 0.2) is 77.7 Å². The third-order valence-electron chi connectivity index (χ3n) is 7.28. The first kappa shape index (κ1) is 23.0. The second-order valence-electron chi connectivity index (χ2n) is 9.43. The van der Waals surface area contributed by atoms with Crippen LogP contribution in [0.1, 0.15) is 51.0 Å². The number of carbonyl (C=O) groups excluding carboxylic acids is 1. The number of thiophene rings is 1. The Hall–Kier alpha value is -3.42. The number of aromatic nitrogens is 1. The van der Waals surface area contributed by atoms with Gasteiger partial charge in [-0.1, -0.05) is 18.2 Å². The Kier molecular flexibility index (Phi) is 6.57. The lowest BCUT2D eigenvalue weighted by Gasteiger charge is -2.41. The summed E-state index contributed by atoms with van der Waals surface area (Å²) in [6.07, 6.45) is 9.82. The average Bonchev–Trinajstić information content (AvgIpc) is 3.60. The third-order valence-corrected chi connectivity index (χ3v) is 8.50. The Bertz CT molecular complexity index is 1300. The van der Waals surface area contributed by atoms with Gasteiger partial charge in [-0.3, -0.25) is 14.7 Å². The van der Waals surface area contributed by atoms with Crippen LogP contribution < -0.4 is 10.2 Å². The van der Waals surface area contributed by atoms with E-state index in [1.807, 2.05) is 12.4 Å². The first-order valence-corrected chi connectivity index (χ1v) is 13.5. The van der Waals surface area contributed by atoms with E-state index >= 15 is 0 Å². The molecule has 6 nitrogen and oxygen atoms in total. The van der Waals surface area contributed by atoms with E-state index < -0.39 is 0 Å². The van der Waals surface area contributed by atoms with Crippen molar-refractivity contribution in [3.05, 3.63) is 101 Å². The van der Waals surface area contributed by atoms with Gasteiger partial charge in [0, 0.05) is 54.7 Å². The molecule has 1 saturated heterocycles. The number of furan rings is 1. The van der Waals surface area contributed by atoms with Gasteiger partial charge in [0.25, 0.3) is 5.91 Å². The quantitative estimate of drug-likeness (QED) is 0.365. The third kappa shape index (κ3) is 4.56. The van der Waals surface area contributed by atoms with Crippen LogP contribution in [0, 0.1) is 0 Å². The largest absolute Gasteiger partial charge is 0.459 e. The van der Waals surface area contributed by atoms with Crippen molar-refractivity contribution in [1.82, 2.24) is 9.88 Å². The van der Waals surface area contributed by atoms with Gasteiger partial charge in [-0.25, -0.2) is 0 Å². The fourth-order valence-electron chi connectivity index (χ4n) is 5.53. The van der Waals surface area contributed by atoms with Crippen molar-refractivity contribution < 1.29 is 9.21 Å². The summed E-state index contributed by atoms with van der Waals surface area (Å²) < 4.78 is 5.39. The molecule has 1 aliphatic heterocycles. The van der Waals surface area contributed by atoms with Crippen LogP contribution in [0.3, 0.4) is 0 Å². The van der Waals surface area contributed by atoms with Crippen LogP contribution in [-0.2, 0) is 12.8 Å². The number of hydrogen-bond acceptors (Lipinski definition) is 6. The van der Waals surface area contributed by atoms with Crippen LogP contribution in [-0.4, -0.2) is 42.0 Å². The van der Waals surface area contributed by atoms with Crippen molar-refractivity contribution in [2.75, 3.05) is 36.4 Å². The van der Waals surface area contributed by atoms with E-state index in [0.717, 1.165) is 44.0 Å². The number of benzene rings is 1. The Balaban J connectivity index is 1.36. The molecule has 0 radical (unpaired) electrons. The maximum atomic E-state index is 13.0. The second kappa shape index (κ2) is 10.3. The van der Waals surface area contributed by atoms with Gasteiger partial charge in [-0.2, -0.15) is 0 Å². The number of aryl methyl sites for hydroxylation is 1. The monoisotopic (exact) mass is 498 g/mol. The molecule has 184 valence electrons. The van der Waals surface area contributed by atoms with Crippen LogP contribution >= 0.6 is 11.3 Å². The minimum absolute atomic E-state index is 0.0657. The molecule has 1 N–H and O–H groups in total. The van der Waals surface area contributed by atoms with Gasteiger partial charge in [0.05, 0.1) is 12.3 Å². The molecular formula is C29H30N4O2S. The molecule has 0 unspecified atom stereocenters. The Morgan fingerprint density at radius 1 is 0.944 bits per heavy atom. The predicted molar refractivity (Wildman–Crippen MR) is 144 cm³/mol. The lowest BCUT2D eigenvalue weighted by molar-refractivity contribution is 0.0996. The smallest absolute Gasteiger partial charge is 0.291 e. The number of rotatable bonds is 6. The van der Waals surface area contributed by atoms with E-state index in [2.05, 4.69) is 62.6 Å². The summed E-state index contributed by atoms with van der Waals surface area (Å²) in [4.78, 5) is 23.8. The minimum atomic E-state index is -0.192. The zero-order valence-electron chi connectivity index (χ0n) is 20.2. The second-order valence-corrected chi connectivity index (χ2v) is 10.5. The zero-order valence-corrected chi connectivity index (χ0v) is 21.0. The topological polar surface area (TPSA) is 61.6 Å². The molecule has 36 heavy (non-hydrogen) atoms. The molecule has 0 saturated carbocycles. The van der Waals surface area contributed by atoms with Crippen molar-refractivity contribution in [2.24, 2.45) is 0 Å². The summed E-state index contributed by atoms with van der Waals surface area (Å²) in [6, 6.07) is 18.4. The molecule has 1 aromatic carbocycles. The van der Waals surface area contributed by atoms with Crippen molar-refractivity contribution in [1.29, 1.82) is 0 Å². The highest BCUT2D eigenvalue weighted by Gasteiger charge is 2.34. The number of carbonyl (C=O) groups is 1. The zero-order chi connectivity index (χ0) is 24.3. The summed E-state index contributed by atoms with van der Waals surface area (Å²) >= 11 is 1.75. The molecule has 4 aromatic rings. The van der Waals surface area contributed by atoms with E-state index in [4.69, 9.17) is 4.42 Å². The molecule has 0 bridgehead atoms. The number of nitrogens with zero attached hydrogens (tertiary/aromatic N) is 3. The molecular weight excluding hydrogens is 468 g/mol. The van der Waals surface area contributed by atoms with Crippen molar-refractivity contribution in [3.8, 4) is 0 Å². The van der Waals surface area contributed by atoms with Crippen LogP contribution in [0.4, 0.5) is 10.7 Å². The SMILES string of the molecule is O=C(Nc1sc2c(c1[C@H](c1ccncc1)N1CCN(c3ccccc3)CC1)CCCC2)c1ccco1. The molecule has 2 aliphatic rings. The maximum Gasteiger partial charge on any atom is 0.291 e. The summed E-state index contributed by atoms with van der Waals surface area (Å²) in [5.41, 5.74) is 5.18. The molecule has 6 rings (SSSR count). The van der Waals surface area contributed by atoms with Gasteiger partial charge >= 0.3 is 0 Å². The summed E-state index contributed by atoms with van der Waals surface area (Å²) in [5, 5.41) is 4.18. The van der Waals surface area contributed by atoms with Crippen LogP contribution in [0.5, 0.6) is 0 Å². The first-order valence-electron chi connectivity index (χ1n) is 12.7. The molecule has 1 amide bonds. The number of anilines is 2. The standard InChI is InChI=1S/C29H30N4O2S/c34-28(24-10-6-20-35-24)31-29-26(23-9-4-5-11-25(23)36-29)27(21-12-14-30-15-13-21)33-18-16-32(17-19-33)22-7-2-1-3-8-22/h1-3,6-8,10,12-15,20,27H,4-5,9,11,16-19H2,(H,31,34)/t27-/m0/s1. The number of fused-ring (bicyclic) bond motifs is 1. The van der Waals surface area contributed by atoms with E-state index in [9.17, 15) is 4.79 Å². The van der Waals surface area contributed by atoms with Gasteiger partial charge in [-0.05, 0) is 73.2 Å². The summed E-state index contributed by atoms with van der Waals surface area (Å²) in [6.45, 7) is 3.81. The molecule has 0 spiro atoms. The first-order chi connectivity index (χ1) is 17.8. The number of piperazine rings is 1. The van der Waals surface area contributed by atoms with Crippen molar-refractivity contribution in [3.63, 3.8) is 0 Å². The number of hydrogen-bond donors (Lipinski definition) is 1. The molecule has 7 heteroatoms. The number of nitrogens with one attached hydrogen (secondary N) is 1. The van der Waals surface area contributed by atoms with Crippen LogP contribution in [0.25, 0.3) is 0 Å². The fraction of sp³-hybridized carbons (Fsp3) is 0.310. The van der Waals surface area contributed by atoms with E-state index in [1.54, 1.807) is 29.7 Å². The normalized spacial score (nSPS) is 16.9. The summed E-state index contributed by atoms with van der Waals surface area (Å²) in [7, 11) is 0. The highest BCUT2D eigenvalue weighted by atomic mass is 32.1. The lowest BCUT2D eigenvalue weighted by Crippen LogP contribution is -2.48. The van der Waals surface area contributed by atoms with Crippen LogP contribution in [0.2, 0.25) is 0 Å². The van der Waals surface area contributed by atoms with E-state index in [0.29, 0.717) is 5.76 Å². The Labute approximate surface area is 215 Å². The van der Waals surface area contributed by atoms with E-state index in [1.165, 1.54) is 40.1 Å². The highest BCUT2D eigenvalue weighted by molar-refractivity contribution is 7.16.